The van der Waals surface area contributed by atoms with Crippen molar-refractivity contribution in [1.82, 2.24) is 9.88 Å². The first-order chi connectivity index (χ1) is 11.5. The van der Waals surface area contributed by atoms with Crippen molar-refractivity contribution in [2.45, 2.75) is 6.10 Å². The summed E-state index contributed by atoms with van der Waals surface area (Å²) in [6.45, 7) is 0.0283. The minimum absolute atomic E-state index is 0.0283. The van der Waals surface area contributed by atoms with Crippen molar-refractivity contribution in [3.63, 3.8) is 0 Å². The van der Waals surface area contributed by atoms with Crippen LogP contribution in [0, 0.1) is 5.82 Å². The highest BCUT2D eigenvalue weighted by Gasteiger charge is 2.17. The molecule has 3 aromatic rings. The second kappa shape index (κ2) is 6.63. The van der Waals surface area contributed by atoms with Gasteiger partial charge in [-0.3, -0.25) is 4.79 Å². The standard InChI is InChI=1S/C18H16ClFN2O2/c1-22-10-14(12-4-2-3-5-16(12)22)17(23)9-21-18(24)13-7-6-11(20)8-15(13)19/h2-8,10,17,23H,9H2,1H3,(H,21,24). The highest BCUT2D eigenvalue weighted by Crippen LogP contribution is 2.25. The zero-order valence-corrected chi connectivity index (χ0v) is 13.7. The number of halogens is 2. The fraction of sp³-hybridized carbons (Fsp3) is 0.167. The zero-order valence-electron chi connectivity index (χ0n) is 13.0. The molecule has 0 saturated heterocycles. The molecule has 124 valence electrons. The molecule has 1 heterocycles. The normalized spacial score (nSPS) is 12.3. The van der Waals surface area contributed by atoms with Crippen molar-refractivity contribution >= 4 is 28.4 Å². The third kappa shape index (κ3) is 3.13. The Bertz CT molecular complexity index is 907. The van der Waals surface area contributed by atoms with Crippen LogP contribution in [0.15, 0.2) is 48.7 Å². The van der Waals surface area contributed by atoms with Gasteiger partial charge < -0.3 is 15.0 Å². The number of amides is 1. The minimum atomic E-state index is -0.862. The van der Waals surface area contributed by atoms with Gasteiger partial charge in [0.1, 0.15) is 5.82 Å². The van der Waals surface area contributed by atoms with Crippen LogP contribution >= 0.6 is 11.6 Å². The number of carbonyl (C=O) groups is 1. The average Bonchev–Trinajstić information content (AvgIpc) is 2.90. The molecule has 0 bridgehead atoms. The maximum absolute atomic E-state index is 13.0. The molecule has 1 unspecified atom stereocenters. The lowest BCUT2D eigenvalue weighted by atomic mass is 10.1. The van der Waals surface area contributed by atoms with Crippen LogP contribution in [0.2, 0.25) is 5.02 Å². The Kier molecular flexibility index (Phi) is 4.55. The number of aliphatic hydroxyl groups excluding tert-OH is 1. The van der Waals surface area contributed by atoms with Gasteiger partial charge in [0.25, 0.3) is 5.91 Å². The van der Waals surface area contributed by atoms with Gasteiger partial charge in [0.2, 0.25) is 0 Å². The maximum Gasteiger partial charge on any atom is 0.252 e. The maximum atomic E-state index is 13.0. The summed E-state index contributed by atoms with van der Waals surface area (Å²) in [6, 6.07) is 11.3. The van der Waals surface area contributed by atoms with Gasteiger partial charge in [-0.15, -0.1) is 0 Å². The number of fused-ring (bicyclic) bond motifs is 1. The second-order valence-electron chi connectivity index (χ2n) is 5.56. The monoisotopic (exact) mass is 346 g/mol. The number of hydrogen-bond donors (Lipinski definition) is 2. The molecule has 0 saturated carbocycles. The van der Waals surface area contributed by atoms with Crippen LogP contribution in [0.5, 0.6) is 0 Å². The van der Waals surface area contributed by atoms with Crippen LogP contribution in [-0.4, -0.2) is 22.1 Å². The number of aliphatic hydroxyl groups is 1. The summed E-state index contributed by atoms with van der Waals surface area (Å²) in [4.78, 5) is 12.1. The smallest absolute Gasteiger partial charge is 0.252 e. The number of nitrogens with one attached hydrogen (secondary N) is 1. The summed E-state index contributed by atoms with van der Waals surface area (Å²) >= 11 is 5.87. The van der Waals surface area contributed by atoms with Crippen molar-refractivity contribution in [2.75, 3.05) is 6.54 Å². The highest BCUT2D eigenvalue weighted by atomic mass is 35.5. The summed E-state index contributed by atoms with van der Waals surface area (Å²) in [7, 11) is 1.90. The van der Waals surface area contributed by atoms with Gasteiger partial charge in [-0.1, -0.05) is 29.8 Å². The first-order valence-electron chi connectivity index (χ1n) is 7.42. The first kappa shape index (κ1) is 16.5. The van der Waals surface area contributed by atoms with E-state index in [2.05, 4.69) is 5.32 Å². The molecule has 24 heavy (non-hydrogen) atoms. The van der Waals surface area contributed by atoms with E-state index in [0.29, 0.717) is 0 Å². The van der Waals surface area contributed by atoms with Gasteiger partial charge in [0.05, 0.1) is 16.7 Å². The van der Waals surface area contributed by atoms with Gasteiger partial charge >= 0.3 is 0 Å². The molecule has 0 radical (unpaired) electrons. The Balaban J connectivity index is 1.75. The van der Waals surface area contributed by atoms with Crippen molar-refractivity contribution < 1.29 is 14.3 Å². The number of nitrogens with zero attached hydrogens (tertiary/aromatic N) is 1. The van der Waals surface area contributed by atoms with E-state index in [1.54, 1.807) is 0 Å². The number of para-hydroxylation sites is 1. The Morgan fingerprint density at radius 2 is 2.08 bits per heavy atom. The minimum Gasteiger partial charge on any atom is -0.386 e. The number of hydrogen-bond acceptors (Lipinski definition) is 2. The van der Waals surface area contributed by atoms with Crippen LogP contribution in [0.3, 0.4) is 0 Å². The van der Waals surface area contributed by atoms with Crippen LogP contribution in [0.1, 0.15) is 22.0 Å². The van der Waals surface area contributed by atoms with E-state index in [0.717, 1.165) is 22.5 Å². The summed E-state index contributed by atoms with van der Waals surface area (Å²) in [5, 5.41) is 14.0. The van der Waals surface area contributed by atoms with E-state index in [1.165, 1.54) is 12.1 Å². The lowest BCUT2D eigenvalue weighted by Gasteiger charge is -2.12. The summed E-state index contributed by atoms with van der Waals surface area (Å²) in [5.41, 5.74) is 1.90. The topological polar surface area (TPSA) is 54.3 Å². The predicted molar refractivity (Wildman–Crippen MR) is 91.6 cm³/mol. The van der Waals surface area contributed by atoms with Gasteiger partial charge in [-0.25, -0.2) is 4.39 Å². The number of aryl methyl sites for hydroxylation is 1. The van der Waals surface area contributed by atoms with E-state index < -0.39 is 17.8 Å². The van der Waals surface area contributed by atoms with E-state index >= 15 is 0 Å². The average molecular weight is 347 g/mol. The number of rotatable bonds is 4. The van der Waals surface area contributed by atoms with Gasteiger partial charge in [0.15, 0.2) is 0 Å². The molecular formula is C18H16ClFN2O2. The van der Waals surface area contributed by atoms with Crippen molar-refractivity contribution in [2.24, 2.45) is 7.05 Å². The van der Waals surface area contributed by atoms with Gasteiger partial charge in [0, 0.05) is 36.3 Å². The lowest BCUT2D eigenvalue weighted by Crippen LogP contribution is -2.28. The molecule has 1 amide bonds. The fourth-order valence-electron chi connectivity index (χ4n) is 2.71. The largest absolute Gasteiger partial charge is 0.386 e. The third-order valence-corrected chi connectivity index (χ3v) is 4.23. The highest BCUT2D eigenvalue weighted by molar-refractivity contribution is 6.33. The zero-order chi connectivity index (χ0) is 17.3. The Morgan fingerprint density at radius 3 is 2.83 bits per heavy atom. The molecule has 2 N–H and O–H groups in total. The first-order valence-corrected chi connectivity index (χ1v) is 7.80. The van der Waals surface area contributed by atoms with E-state index in [4.69, 9.17) is 11.6 Å². The number of carbonyl (C=O) groups excluding carboxylic acids is 1. The molecule has 0 spiro atoms. The van der Waals surface area contributed by atoms with Crippen LogP contribution in [-0.2, 0) is 7.05 Å². The molecule has 0 aliphatic carbocycles. The molecule has 3 rings (SSSR count). The molecule has 0 aliphatic rings. The lowest BCUT2D eigenvalue weighted by molar-refractivity contribution is 0.0917. The van der Waals surface area contributed by atoms with Crippen molar-refractivity contribution in [3.8, 4) is 0 Å². The fourth-order valence-corrected chi connectivity index (χ4v) is 2.96. The van der Waals surface area contributed by atoms with Crippen LogP contribution in [0.4, 0.5) is 4.39 Å². The Labute approximate surface area is 143 Å². The van der Waals surface area contributed by atoms with Gasteiger partial charge in [-0.05, 0) is 24.3 Å². The Hall–Kier alpha value is -2.37. The molecule has 0 aliphatic heterocycles. The van der Waals surface area contributed by atoms with Crippen LogP contribution in [0.25, 0.3) is 10.9 Å². The quantitative estimate of drug-likeness (QED) is 0.760. The molecule has 2 aromatic carbocycles. The summed E-state index contributed by atoms with van der Waals surface area (Å²) in [6.07, 6.45) is 0.978. The SMILES string of the molecule is Cn1cc(C(O)CNC(=O)c2ccc(F)cc2Cl)c2ccccc21. The molecule has 6 heteroatoms. The van der Waals surface area contributed by atoms with Crippen molar-refractivity contribution in [3.05, 3.63) is 70.6 Å². The second-order valence-corrected chi connectivity index (χ2v) is 5.97. The van der Waals surface area contributed by atoms with Crippen molar-refractivity contribution in [1.29, 1.82) is 0 Å². The molecule has 4 nitrogen and oxygen atoms in total. The molecule has 1 atom stereocenters. The van der Waals surface area contributed by atoms with E-state index in [1.807, 2.05) is 42.1 Å². The predicted octanol–water partition coefficient (Wildman–Crippen LogP) is 3.43. The molecule has 0 fully saturated rings. The van der Waals surface area contributed by atoms with E-state index in [9.17, 15) is 14.3 Å². The summed E-state index contributed by atoms with van der Waals surface area (Å²) in [5.74, 6) is -0.966. The summed E-state index contributed by atoms with van der Waals surface area (Å²) < 4.78 is 15.0. The molecular weight excluding hydrogens is 331 g/mol. The van der Waals surface area contributed by atoms with Crippen LogP contribution < -0.4 is 5.32 Å². The van der Waals surface area contributed by atoms with Gasteiger partial charge in [-0.2, -0.15) is 0 Å². The molecule has 1 aromatic heterocycles. The Morgan fingerprint density at radius 1 is 1.33 bits per heavy atom. The number of benzene rings is 2. The third-order valence-electron chi connectivity index (χ3n) is 3.92. The number of aromatic nitrogens is 1. The van der Waals surface area contributed by atoms with E-state index in [-0.39, 0.29) is 17.1 Å².